The Labute approximate surface area is 164 Å². The third-order valence-corrected chi connectivity index (χ3v) is 5.31. The second-order valence-corrected chi connectivity index (χ2v) is 7.35. The molecule has 2 rings (SSSR count). The van der Waals surface area contributed by atoms with Crippen LogP contribution in [0.4, 0.5) is 13.2 Å². The van der Waals surface area contributed by atoms with E-state index in [1.165, 1.54) is 32.4 Å². The minimum Gasteiger partial charge on any atom is -0.468 e. The molecule has 1 aliphatic rings. The Kier molecular flexibility index (Phi) is 7.53. The van der Waals surface area contributed by atoms with Crippen molar-refractivity contribution < 1.29 is 32.2 Å². The topological polar surface area (TPSA) is 56.8 Å². The van der Waals surface area contributed by atoms with Crippen LogP contribution in [-0.2, 0) is 14.3 Å². The fourth-order valence-electron chi connectivity index (χ4n) is 3.32. The first-order valence-electron chi connectivity index (χ1n) is 8.57. The van der Waals surface area contributed by atoms with E-state index >= 15 is 0 Å². The van der Waals surface area contributed by atoms with Gasteiger partial charge in [-0.05, 0) is 46.5 Å². The van der Waals surface area contributed by atoms with Gasteiger partial charge < -0.3 is 14.2 Å². The van der Waals surface area contributed by atoms with Gasteiger partial charge >= 0.3 is 12.1 Å². The first kappa shape index (κ1) is 22.0. The molecule has 0 aromatic heterocycles. The van der Waals surface area contributed by atoms with Crippen LogP contribution in [0.5, 0.6) is 5.75 Å². The zero-order valence-electron chi connectivity index (χ0n) is 15.2. The Hall–Kier alpha value is -1.32. The first-order valence-corrected chi connectivity index (χ1v) is 9.37. The van der Waals surface area contributed by atoms with Crippen LogP contribution in [0.1, 0.15) is 43.7 Å². The number of alkyl halides is 3. The van der Waals surface area contributed by atoms with Gasteiger partial charge in [-0.3, -0.25) is 10.1 Å². The number of halogens is 4. The standard InChI is InChI=1S/C18H23BrF3NO4/c1-25-11-27-14-10-12(6-7-13(14)19)15(18(20,21)22)23-17(16(24)26-2)8-4-3-5-9-17/h6-7,10,15,23H,3-5,8-9,11H2,1-2H3. The average Bonchev–Trinajstić information content (AvgIpc) is 2.65. The highest BCUT2D eigenvalue weighted by Gasteiger charge is 2.49. The van der Waals surface area contributed by atoms with Crippen molar-refractivity contribution in [2.45, 2.75) is 49.9 Å². The van der Waals surface area contributed by atoms with Gasteiger partial charge in [0.05, 0.1) is 11.6 Å². The molecule has 1 aromatic rings. The zero-order chi connectivity index (χ0) is 20.1. The summed E-state index contributed by atoms with van der Waals surface area (Å²) in [5, 5.41) is 2.58. The first-order chi connectivity index (χ1) is 12.7. The van der Waals surface area contributed by atoms with Crippen LogP contribution in [0, 0.1) is 0 Å². The van der Waals surface area contributed by atoms with Gasteiger partial charge in [-0.25, -0.2) is 0 Å². The summed E-state index contributed by atoms with van der Waals surface area (Å²) >= 11 is 3.25. The van der Waals surface area contributed by atoms with Crippen LogP contribution in [0.2, 0.25) is 0 Å². The lowest BCUT2D eigenvalue weighted by Gasteiger charge is -2.39. The second-order valence-electron chi connectivity index (χ2n) is 6.49. The quantitative estimate of drug-likeness (QED) is 0.486. The van der Waals surface area contributed by atoms with Crippen LogP contribution in [0.25, 0.3) is 0 Å². The normalized spacial score (nSPS) is 18.0. The zero-order valence-corrected chi connectivity index (χ0v) is 16.8. The van der Waals surface area contributed by atoms with Crippen molar-refractivity contribution in [3.63, 3.8) is 0 Å². The molecule has 1 N–H and O–H groups in total. The Morgan fingerprint density at radius 2 is 1.93 bits per heavy atom. The lowest BCUT2D eigenvalue weighted by atomic mass is 9.80. The number of esters is 1. The molecule has 0 radical (unpaired) electrons. The largest absolute Gasteiger partial charge is 0.468 e. The number of methoxy groups -OCH3 is 2. The molecule has 152 valence electrons. The number of ether oxygens (including phenoxy) is 3. The van der Waals surface area contributed by atoms with Crippen LogP contribution >= 0.6 is 15.9 Å². The van der Waals surface area contributed by atoms with Gasteiger partial charge in [0.25, 0.3) is 0 Å². The van der Waals surface area contributed by atoms with Crippen molar-refractivity contribution in [1.29, 1.82) is 0 Å². The van der Waals surface area contributed by atoms with E-state index in [4.69, 9.17) is 14.2 Å². The van der Waals surface area contributed by atoms with Crippen LogP contribution < -0.4 is 10.1 Å². The molecule has 9 heteroatoms. The van der Waals surface area contributed by atoms with Gasteiger partial charge in [-0.1, -0.05) is 25.3 Å². The molecular formula is C18H23BrF3NO4. The second kappa shape index (κ2) is 9.25. The number of carbonyl (C=O) groups is 1. The highest BCUT2D eigenvalue weighted by molar-refractivity contribution is 9.10. The van der Waals surface area contributed by atoms with Crippen molar-refractivity contribution in [1.82, 2.24) is 5.32 Å². The van der Waals surface area contributed by atoms with Crippen molar-refractivity contribution in [2.24, 2.45) is 0 Å². The van der Waals surface area contributed by atoms with Crippen molar-refractivity contribution in [3.8, 4) is 5.75 Å². The van der Waals surface area contributed by atoms with Crippen molar-refractivity contribution in [2.75, 3.05) is 21.0 Å². The lowest BCUT2D eigenvalue weighted by Crippen LogP contribution is -2.57. The Bertz CT molecular complexity index is 648. The summed E-state index contributed by atoms with van der Waals surface area (Å²) in [4.78, 5) is 12.3. The summed E-state index contributed by atoms with van der Waals surface area (Å²) in [6, 6.07) is 2.09. The summed E-state index contributed by atoms with van der Waals surface area (Å²) in [5.41, 5.74) is -1.40. The van der Waals surface area contributed by atoms with Crippen LogP contribution in [0.15, 0.2) is 22.7 Å². The Morgan fingerprint density at radius 3 is 2.48 bits per heavy atom. The summed E-state index contributed by atoms with van der Waals surface area (Å²) in [5.74, 6) is -0.439. The van der Waals surface area contributed by atoms with Gasteiger partial charge in [-0.15, -0.1) is 0 Å². The fourth-order valence-corrected chi connectivity index (χ4v) is 3.68. The maximum absolute atomic E-state index is 13.9. The van der Waals surface area contributed by atoms with Gasteiger partial charge in [0, 0.05) is 7.11 Å². The maximum atomic E-state index is 13.9. The van der Waals surface area contributed by atoms with Crippen LogP contribution in [0.3, 0.4) is 0 Å². The van der Waals surface area contributed by atoms with E-state index in [2.05, 4.69) is 21.2 Å². The molecule has 27 heavy (non-hydrogen) atoms. The summed E-state index contributed by atoms with van der Waals surface area (Å²) < 4.78 is 57.1. The molecule has 5 nitrogen and oxygen atoms in total. The van der Waals surface area contributed by atoms with E-state index in [9.17, 15) is 18.0 Å². The molecule has 1 aliphatic carbocycles. The van der Waals surface area contributed by atoms with E-state index in [1.807, 2.05) is 0 Å². The van der Waals surface area contributed by atoms with Gasteiger partial charge in [0.1, 0.15) is 17.3 Å². The number of rotatable bonds is 7. The number of carbonyl (C=O) groups excluding carboxylic acids is 1. The third kappa shape index (κ3) is 5.36. The van der Waals surface area contributed by atoms with E-state index in [0.717, 1.165) is 6.42 Å². The Morgan fingerprint density at radius 1 is 1.26 bits per heavy atom. The van der Waals surface area contributed by atoms with E-state index in [-0.39, 0.29) is 18.1 Å². The smallest absolute Gasteiger partial charge is 0.407 e. The van der Waals surface area contributed by atoms with Crippen molar-refractivity contribution >= 4 is 21.9 Å². The number of nitrogens with one attached hydrogen (secondary N) is 1. The predicted molar refractivity (Wildman–Crippen MR) is 96.4 cm³/mol. The highest BCUT2D eigenvalue weighted by Crippen LogP contribution is 2.40. The highest BCUT2D eigenvalue weighted by atomic mass is 79.9. The number of hydrogen-bond donors (Lipinski definition) is 1. The van der Waals surface area contributed by atoms with E-state index < -0.39 is 23.7 Å². The molecule has 1 atom stereocenters. The van der Waals surface area contributed by atoms with E-state index in [0.29, 0.717) is 30.2 Å². The minimum atomic E-state index is -4.61. The summed E-state index contributed by atoms with van der Waals surface area (Å²) in [6.45, 7) is -0.0989. The average molecular weight is 454 g/mol. The molecule has 0 aliphatic heterocycles. The summed E-state index contributed by atoms with van der Waals surface area (Å²) in [7, 11) is 2.61. The maximum Gasteiger partial charge on any atom is 0.407 e. The molecule has 0 bridgehead atoms. The lowest BCUT2D eigenvalue weighted by molar-refractivity contribution is -0.172. The molecule has 0 saturated heterocycles. The van der Waals surface area contributed by atoms with Gasteiger partial charge in [-0.2, -0.15) is 13.2 Å². The molecule has 1 saturated carbocycles. The Balaban J connectivity index is 2.39. The summed E-state index contributed by atoms with van der Waals surface area (Å²) in [6.07, 6.45) is -1.80. The van der Waals surface area contributed by atoms with E-state index in [1.54, 1.807) is 0 Å². The molecule has 0 spiro atoms. The number of benzene rings is 1. The SMILES string of the molecule is COCOc1cc(C(NC2(C(=O)OC)CCCCC2)C(F)(F)F)ccc1Br. The number of hydrogen-bond acceptors (Lipinski definition) is 5. The molecular weight excluding hydrogens is 431 g/mol. The van der Waals surface area contributed by atoms with Crippen LogP contribution in [-0.4, -0.2) is 38.7 Å². The van der Waals surface area contributed by atoms with Crippen molar-refractivity contribution in [3.05, 3.63) is 28.2 Å². The third-order valence-electron chi connectivity index (χ3n) is 4.65. The fraction of sp³-hybridized carbons (Fsp3) is 0.611. The van der Waals surface area contributed by atoms with Gasteiger partial charge in [0.15, 0.2) is 6.79 Å². The van der Waals surface area contributed by atoms with Gasteiger partial charge in [0.2, 0.25) is 0 Å². The molecule has 0 heterocycles. The molecule has 1 aromatic carbocycles. The minimum absolute atomic E-state index is 0.0503. The predicted octanol–water partition coefficient (Wildman–Crippen LogP) is 4.50. The molecule has 1 unspecified atom stereocenters. The molecule has 0 amide bonds. The molecule has 1 fully saturated rings. The monoisotopic (exact) mass is 453 g/mol.